The second-order valence-corrected chi connectivity index (χ2v) is 4.47. The van der Waals surface area contributed by atoms with Gasteiger partial charge in [0.25, 0.3) is 0 Å². The summed E-state index contributed by atoms with van der Waals surface area (Å²) in [6, 6.07) is 0. The predicted molar refractivity (Wildman–Crippen MR) is 61.4 cm³/mol. The van der Waals surface area contributed by atoms with Crippen molar-refractivity contribution in [1.82, 2.24) is 15.3 Å². The second-order valence-electron chi connectivity index (χ2n) is 4.11. The molecule has 0 aromatic carbocycles. The van der Waals surface area contributed by atoms with Gasteiger partial charge >= 0.3 is 0 Å². The Morgan fingerprint density at radius 1 is 1.59 bits per heavy atom. The van der Waals surface area contributed by atoms with Gasteiger partial charge in [-0.25, -0.2) is 4.98 Å². The third kappa shape index (κ3) is 2.79. The summed E-state index contributed by atoms with van der Waals surface area (Å²) in [4.78, 5) is 30.5. The summed E-state index contributed by atoms with van der Waals surface area (Å²) in [5.41, 5.74) is 1.27. The first-order valence-corrected chi connectivity index (χ1v) is 5.71. The van der Waals surface area contributed by atoms with Crippen molar-refractivity contribution >= 4 is 23.3 Å². The van der Waals surface area contributed by atoms with Gasteiger partial charge in [-0.2, -0.15) is 0 Å². The van der Waals surface area contributed by atoms with E-state index in [0.717, 1.165) is 5.69 Å². The van der Waals surface area contributed by atoms with Crippen LogP contribution in [0.5, 0.6) is 0 Å². The third-order valence-electron chi connectivity index (χ3n) is 2.67. The molecule has 0 atom stereocenters. The lowest BCUT2D eigenvalue weighted by atomic mass is 9.83. The molecule has 0 unspecified atom stereocenters. The van der Waals surface area contributed by atoms with Crippen molar-refractivity contribution in [3.63, 3.8) is 0 Å². The molecule has 0 aliphatic heterocycles. The number of nitrogens with one attached hydrogen (secondary N) is 1. The first kappa shape index (κ1) is 12.0. The summed E-state index contributed by atoms with van der Waals surface area (Å²) >= 11 is 5.88. The summed E-state index contributed by atoms with van der Waals surface area (Å²) < 4.78 is 0. The Bertz CT molecular complexity index is 468. The van der Waals surface area contributed by atoms with Crippen molar-refractivity contribution in [2.24, 2.45) is 5.92 Å². The van der Waals surface area contributed by atoms with Gasteiger partial charge in [-0.3, -0.25) is 14.6 Å². The van der Waals surface area contributed by atoms with E-state index in [1.165, 1.54) is 0 Å². The number of amides is 1. The number of nitrogens with zero attached hydrogens (tertiary/aromatic N) is 2. The zero-order valence-corrected chi connectivity index (χ0v) is 10.1. The van der Waals surface area contributed by atoms with E-state index in [4.69, 9.17) is 11.6 Å². The maximum Gasteiger partial charge on any atom is 0.224 e. The summed E-state index contributed by atoms with van der Waals surface area (Å²) in [5, 5.41) is 3.00. The molecule has 1 N–H and O–H groups in total. The fourth-order valence-corrected chi connectivity index (χ4v) is 1.83. The molecular formula is C11H12ClN3O2. The molecule has 0 bridgehead atoms. The molecule has 1 aromatic heterocycles. The monoisotopic (exact) mass is 253 g/mol. The number of carbonyl (C=O) groups excluding carboxylic acids is 2. The van der Waals surface area contributed by atoms with Crippen LogP contribution in [0.2, 0.25) is 5.15 Å². The van der Waals surface area contributed by atoms with Gasteiger partial charge in [0.2, 0.25) is 5.91 Å². The number of halogens is 1. The van der Waals surface area contributed by atoms with Crippen LogP contribution < -0.4 is 5.32 Å². The highest BCUT2D eigenvalue weighted by Gasteiger charge is 2.32. The van der Waals surface area contributed by atoms with Crippen LogP contribution in [0, 0.1) is 12.8 Å². The number of carbonyl (C=O) groups is 2. The lowest BCUT2D eigenvalue weighted by molar-refractivity contribution is -0.138. The highest BCUT2D eigenvalue weighted by atomic mass is 35.5. The van der Waals surface area contributed by atoms with Crippen LogP contribution in [-0.2, 0) is 16.1 Å². The second kappa shape index (κ2) is 4.79. The third-order valence-corrected chi connectivity index (χ3v) is 2.97. The molecule has 1 aromatic rings. The van der Waals surface area contributed by atoms with Gasteiger partial charge in [-0.15, -0.1) is 0 Å². The molecule has 1 aliphatic rings. The molecule has 17 heavy (non-hydrogen) atoms. The predicted octanol–water partition coefficient (Wildman–Crippen LogP) is 1.03. The minimum absolute atomic E-state index is 0.122. The largest absolute Gasteiger partial charge is 0.350 e. The Morgan fingerprint density at radius 3 is 2.88 bits per heavy atom. The van der Waals surface area contributed by atoms with Crippen LogP contribution in [0.25, 0.3) is 0 Å². The molecule has 1 aliphatic carbocycles. The van der Waals surface area contributed by atoms with E-state index in [1.807, 2.05) is 0 Å². The van der Waals surface area contributed by atoms with Gasteiger partial charge < -0.3 is 5.32 Å². The number of aromatic nitrogens is 2. The summed E-state index contributed by atoms with van der Waals surface area (Å²) in [6.45, 7) is 2.04. The minimum Gasteiger partial charge on any atom is -0.350 e. The fourth-order valence-electron chi connectivity index (χ4n) is 1.58. The van der Waals surface area contributed by atoms with E-state index in [1.54, 1.807) is 13.1 Å². The Morgan fingerprint density at radius 2 is 2.29 bits per heavy atom. The molecule has 0 saturated heterocycles. The van der Waals surface area contributed by atoms with E-state index in [0.29, 0.717) is 23.7 Å². The molecule has 5 nitrogen and oxygen atoms in total. The summed E-state index contributed by atoms with van der Waals surface area (Å²) in [7, 11) is 0. The van der Waals surface area contributed by atoms with Crippen LogP contribution in [0.15, 0.2) is 6.20 Å². The summed E-state index contributed by atoms with van der Waals surface area (Å²) in [6.07, 6.45) is 2.29. The van der Waals surface area contributed by atoms with Crippen LogP contribution in [0.1, 0.15) is 24.2 Å². The van der Waals surface area contributed by atoms with Crippen LogP contribution in [-0.4, -0.2) is 21.7 Å². The van der Waals surface area contributed by atoms with Crippen molar-refractivity contribution in [1.29, 1.82) is 0 Å². The van der Waals surface area contributed by atoms with E-state index >= 15 is 0 Å². The molecule has 1 heterocycles. The van der Waals surface area contributed by atoms with Gasteiger partial charge in [0, 0.05) is 19.0 Å². The lowest BCUT2D eigenvalue weighted by Gasteiger charge is -2.22. The van der Waals surface area contributed by atoms with Crippen LogP contribution in [0.3, 0.4) is 0 Å². The van der Waals surface area contributed by atoms with Gasteiger partial charge in [-0.05, 0) is 6.92 Å². The van der Waals surface area contributed by atoms with Gasteiger partial charge in [0.05, 0.1) is 23.9 Å². The quantitative estimate of drug-likeness (QED) is 0.874. The molecule has 1 amide bonds. The Kier molecular flexibility index (Phi) is 3.38. The number of hydrogen-bond donors (Lipinski definition) is 1. The number of Topliss-reactive ketones (excluding diaryl/α,β-unsaturated/α-hetero) is 1. The first-order valence-electron chi connectivity index (χ1n) is 5.33. The molecule has 6 heteroatoms. The van der Waals surface area contributed by atoms with E-state index < -0.39 is 0 Å². The van der Waals surface area contributed by atoms with Crippen molar-refractivity contribution in [2.45, 2.75) is 26.3 Å². The lowest BCUT2D eigenvalue weighted by Crippen LogP contribution is -2.38. The number of hydrogen-bond acceptors (Lipinski definition) is 4. The maximum atomic E-state index is 11.6. The zero-order chi connectivity index (χ0) is 12.4. The minimum atomic E-state index is -0.181. The Hall–Kier alpha value is -1.49. The highest BCUT2D eigenvalue weighted by molar-refractivity contribution is 6.30. The van der Waals surface area contributed by atoms with Crippen LogP contribution in [0.4, 0.5) is 0 Å². The number of aryl methyl sites for hydroxylation is 1. The molecule has 0 spiro atoms. The molecule has 1 saturated carbocycles. The topological polar surface area (TPSA) is 72.0 Å². The van der Waals surface area contributed by atoms with E-state index in [9.17, 15) is 9.59 Å². The maximum absolute atomic E-state index is 11.6. The number of rotatable bonds is 3. The van der Waals surface area contributed by atoms with E-state index in [-0.39, 0.29) is 24.2 Å². The van der Waals surface area contributed by atoms with Gasteiger partial charge in [0.1, 0.15) is 5.78 Å². The molecule has 2 rings (SSSR count). The SMILES string of the molecule is Cc1cnc(CNC(=O)C2CC(=O)C2)c(Cl)n1. The molecule has 90 valence electrons. The smallest absolute Gasteiger partial charge is 0.224 e. The summed E-state index contributed by atoms with van der Waals surface area (Å²) in [5.74, 6) is -0.166. The Balaban J connectivity index is 1.89. The van der Waals surface area contributed by atoms with Gasteiger partial charge in [0.15, 0.2) is 5.15 Å². The zero-order valence-electron chi connectivity index (χ0n) is 9.36. The first-order chi connectivity index (χ1) is 8.06. The van der Waals surface area contributed by atoms with E-state index in [2.05, 4.69) is 15.3 Å². The molecule has 1 fully saturated rings. The standard InChI is InChI=1S/C11H12ClN3O2/c1-6-4-13-9(10(12)15-6)5-14-11(17)7-2-8(16)3-7/h4,7H,2-3,5H2,1H3,(H,14,17). The molecular weight excluding hydrogens is 242 g/mol. The van der Waals surface area contributed by atoms with Crippen LogP contribution >= 0.6 is 11.6 Å². The highest BCUT2D eigenvalue weighted by Crippen LogP contribution is 2.22. The Labute approximate surface area is 104 Å². The van der Waals surface area contributed by atoms with Crippen molar-refractivity contribution in [3.8, 4) is 0 Å². The van der Waals surface area contributed by atoms with Crippen molar-refractivity contribution < 1.29 is 9.59 Å². The van der Waals surface area contributed by atoms with Gasteiger partial charge in [-0.1, -0.05) is 11.6 Å². The van der Waals surface area contributed by atoms with Crippen molar-refractivity contribution in [3.05, 3.63) is 22.7 Å². The fraction of sp³-hybridized carbons (Fsp3) is 0.455. The average Bonchev–Trinajstić information content (AvgIpc) is 2.23. The molecule has 0 radical (unpaired) electrons. The average molecular weight is 254 g/mol. The van der Waals surface area contributed by atoms with Crippen molar-refractivity contribution in [2.75, 3.05) is 0 Å². The number of ketones is 1. The normalized spacial score (nSPS) is 15.5.